The number of alkyl halides is 3. The highest BCUT2D eigenvalue weighted by atomic mass is 19.4. The van der Waals surface area contributed by atoms with Crippen LogP contribution in [0.25, 0.3) is 11.3 Å². The summed E-state index contributed by atoms with van der Waals surface area (Å²) in [6.45, 7) is -0.430. The molecule has 3 aromatic rings. The number of rotatable bonds is 5. The van der Waals surface area contributed by atoms with E-state index in [1.165, 1.54) is 18.2 Å². The second-order valence-corrected chi connectivity index (χ2v) is 4.73. The molecule has 3 rings (SSSR count). The number of hydrogen-bond donors (Lipinski definition) is 2. The fraction of sp³-hybridized carbons (Fsp3) is 0.231. The monoisotopic (exact) mass is 342 g/mol. The predicted molar refractivity (Wildman–Crippen MR) is 76.2 cm³/mol. The molecule has 11 heteroatoms. The van der Waals surface area contributed by atoms with Gasteiger partial charge in [0.1, 0.15) is 5.82 Å². The maximum Gasteiger partial charge on any atom is 0.390 e. The normalized spacial score (nSPS) is 11.7. The first-order valence-electron chi connectivity index (χ1n) is 6.75. The van der Waals surface area contributed by atoms with Crippen LogP contribution in [-0.4, -0.2) is 33.0 Å². The molecule has 0 fully saturated rings. The van der Waals surface area contributed by atoms with Crippen LogP contribution in [0.15, 0.2) is 28.9 Å². The van der Waals surface area contributed by atoms with E-state index in [1.54, 1.807) is 6.07 Å². The summed E-state index contributed by atoms with van der Waals surface area (Å²) in [5.41, 5.74) is 0.139. The van der Waals surface area contributed by atoms with Gasteiger partial charge in [0.25, 0.3) is 0 Å². The fourth-order valence-electron chi connectivity index (χ4n) is 1.86. The molecule has 0 radical (unpaired) electrons. The predicted octanol–water partition coefficient (Wildman–Crippen LogP) is 3.26. The van der Waals surface area contributed by atoms with E-state index in [9.17, 15) is 17.6 Å². The van der Waals surface area contributed by atoms with Crippen LogP contribution < -0.4 is 10.6 Å². The number of aromatic nitrogens is 4. The van der Waals surface area contributed by atoms with Gasteiger partial charge >= 0.3 is 6.18 Å². The van der Waals surface area contributed by atoms with Crippen LogP contribution in [0.1, 0.15) is 6.42 Å². The minimum atomic E-state index is -4.32. The molecule has 126 valence electrons. The summed E-state index contributed by atoms with van der Waals surface area (Å²) in [6.07, 6.45) is -5.39. The van der Waals surface area contributed by atoms with Crippen LogP contribution >= 0.6 is 0 Å². The van der Waals surface area contributed by atoms with Crippen molar-refractivity contribution in [3.8, 4) is 0 Å². The summed E-state index contributed by atoms with van der Waals surface area (Å²) < 4.78 is 55.1. The third-order valence-electron chi connectivity index (χ3n) is 2.94. The van der Waals surface area contributed by atoms with Crippen molar-refractivity contribution in [3.05, 3.63) is 30.1 Å². The fourth-order valence-corrected chi connectivity index (χ4v) is 1.86. The van der Waals surface area contributed by atoms with Crippen molar-refractivity contribution in [1.29, 1.82) is 0 Å². The zero-order chi connectivity index (χ0) is 17.2. The first-order valence-corrected chi connectivity index (χ1v) is 6.75. The summed E-state index contributed by atoms with van der Waals surface area (Å²) >= 11 is 0. The van der Waals surface area contributed by atoms with Crippen molar-refractivity contribution >= 4 is 28.6 Å². The van der Waals surface area contributed by atoms with Crippen molar-refractivity contribution in [2.75, 3.05) is 17.2 Å². The standard InChI is InChI=1S/C13H10F4N6O/c14-7-3-1-2-4-8(7)19-10-9(18-6-5-13(15,16)17)20-11-12(21-10)23-24-22-11/h1-4H,5-6H2,(H,18,20,22)(H,19,21,23). The Kier molecular flexibility index (Phi) is 4.15. The van der Waals surface area contributed by atoms with Crippen molar-refractivity contribution in [3.63, 3.8) is 0 Å². The molecular formula is C13H10F4N6O. The van der Waals surface area contributed by atoms with Crippen molar-refractivity contribution in [1.82, 2.24) is 20.3 Å². The first kappa shape index (κ1) is 15.9. The molecule has 0 aliphatic rings. The number of hydrogen-bond acceptors (Lipinski definition) is 7. The molecule has 2 aromatic heterocycles. The minimum Gasteiger partial charge on any atom is -0.367 e. The summed E-state index contributed by atoms with van der Waals surface area (Å²) in [6, 6.07) is 5.76. The van der Waals surface area contributed by atoms with Gasteiger partial charge in [0.2, 0.25) is 11.3 Å². The van der Waals surface area contributed by atoms with Gasteiger partial charge in [-0.25, -0.2) is 19.0 Å². The number of nitrogens with one attached hydrogen (secondary N) is 2. The maximum atomic E-state index is 13.7. The van der Waals surface area contributed by atoms with Gasteiger partial charge in [-0.1, -0.05) is 12.1 Å². The molecule has 0 amide bonds. The van der Waals surface area contributed by atoms with E-state index in [0.717, 1.165) is 0 Å². The largest absolute Gasteiger partial charge is 0.390 e. The minimum absolute atomic E-state index is 0.00507. The maximum absolute atomic E-state index is 13.7. The van der Waals surface area contributed by atoms with Gasteiger partial charge in [-0.3, -0.25) is 0 Å². The lowest BCUT2D eigenvalue weighted by atomic mass is 10.3. The lowest BCUT2D eigenvalue weighted by Gasteiger charge is -2.12. The zero-order valence-corrected chi connectivity index (χ0v) is 11.9. The van der Waals surface area contributed by atoms with E-state index in [-0.39, 0.29) is 28.6 Å². The molecule has 7 nitrogen and oxygen atoms in total. The molecule has 0 aliphatic carbocycles. The highest BCUT2D eigenvalue weighted by Crippen LogP contribution is 2.26. The quantitative estimate of drug-likeness (QED) is 0.688. The number of para-hydroxylation sites is 1. The molecule has 0 aliphatic heterocycles. The third kappa shape index (κ3) is 3.67. The Labute approximate surface area is 132 Å². The SMILES string of the molecule is Fc1ccccc1Nc1nc2nonc2nc1NCCC(F)(F)F. The van der Waals surface area contributed by atoms with Gasteiger partial charge in [0.05, 0.1) is 12.1 Å². The van der Waals surface area contributed by atoms with Gasteiger partial charge in [0, 0.05) is 6.54 Å². The first-order chi connectivity index (χ1) is 11.4. The molecule has 0 spiro atoms. The number of anilines is 3. The number of halogens is 4. The molecule has 24 heavy (non-hydrogen) atoms. The van der Waals surface area contributed by atoms with E-state index < -0.39 is 25.0 Å². The second kappa shape index (κ2) is 6.26. The van der Waals surface area contributed by atoms with E-state index in [2.05, 4.69) is 35.5 Å². The molecule has 0 saturated heterocycles. The Bertz CT molecular complexity index is 850. The van der Waals surface area contributed by atoms with Gasteiger partial charge in [0.15, 0.2) is 11.6 Å². The van der Waals surface area contributed by atoms with Crippen LogP contribution in [0.4, 0.5) is 34.9 Å². The highest BCUT2D eigenvalue weighted by Gasteiger charge is 2.26. The third-order valence-corrected chi connectivity index (χ3v) is 2.94. The summed E-state index contributed by atoms with van der Waals surface area (Å²) in [7, 11) is 0. The topological polar surface area (TPSA) is 88.8 Å². The molecular weight excluding hydrogens is 332 g/mol. The number of nitrogens with zero attached hydrogens (tertiary/aromatic N) is 4. The Morgan fingerprint density at radius 2 is 1.67 bits per heavy atom. The smallest absolute Gasteiger partial charge is 0.367 e. The van der Waals surface area contributed by atoms with Crippen LogP contribution in [0.3, 0.4) is 0 Å². The van der Waals surface area contributed by atoms with Gasteiger partial charge < -0.3 is 10.6 Å². The lowest BCUT2D eigenvalue weighted by molar-refractivity contribution is -0.131. The Morgan fingerprint density at radius 3 is 2.33 bits per heavy atom. The molecule has 0 unspecified atom stereocenters. The highest BCUT2D eigenvalue weighted by molar-refractivity contribution is 5.76. The molecule has 0 bridgehead atoms. The van der Waals surface area contributed by atoms with Crippen molar-refractivity contribution in [2.24, 2.45) is 0 Å². The van der Waals surface area contributed by atoms with Gasteiger partial charge in [-0.15, -0.1) is 0 Å². The zero-order valence-electron chi connectivity index (χ0n) is 11.9. The molecule has 2 heterocycles. The lowest BCUT2D eigenvalue weighted by Crippen LogP contribution is -2.16. The second-order valence-electron chi connectivity index (χ2n) is 4.73. The molecule has 2 N–H and O–H groups in total. The van der Waals surface area contributed by atoms with E-state index >= 15 is 0 Å². The summed E-state index contributed by atoms with van der Waals surface area (Å²) in [5, 5.41) is 12.2. The Balaban J connectivity index is 1.89. The van der Waals surface area contributed by atoms with Crippen molar-refractivity contribution < 1.29 is 22.2 Å². The average Bonchev–Trinajstić information content (AvgIpc) is 2.95. The number of fused-ring (bicyclic) bond motifs is 1. The summed E-state index contributed by atoms with van der Waals surface area (Å²) in [4.78, 5) is 8.02. The van der Waals surface area contributed by atoms with Crippen LogP contribution in [0.5, 0.6) is 0 Å². The molecule has 0 atom stereocenters. The number of benzene rings is 1. The molecule has 1 aromatic carbocycles. The van der Waals surface area contributed by atoms with E-state index in [1.807, 2.05) is 0 Å². The average molecular weight is 342 g/mol. The van der Waals surface area contributed by atoms with Crippen LogP contribution in [-0.2, 0) is 0 Å². The summed E-state index contributed by atoms with van der Waals surface area (Å²) in [5.74, 6) is -0.574. The van der Waals surface area contributed by atoms with Crippen LogP contribution in [0.2, 0.25) is 0 Å². The Morgan fingerprint density at radius 1 is 1.00 bits per heavy atom. The Hall–Kier alpha value is -2.98. The van der Waals surface area contributed by atoms with Gasteiger partial charge in [-0.05, 0) is 22.4 Å². The van der Waals surface area contributed by atoms with Crippen molar-refractivity contribution in [2.45, 2.75) is 12.6 Å². The van der Waals surface area contributed by atoms with Crippen LogP contribution in [0, 0.1) is 5.82 Å². The van der Waals surface area contributed by atoms with E-state index in [0.29, 0.717) is 0 Å². The molecule has 0 saturated carbocycles. The van der Waals surface area contributed by atoms with Gasteiger partial charge in [-0.2, -0.15) is 13.2 Å². The van der Waals surface area contributed by atoms with E-state index in [4.69, 9.17) is 0 Å².